The van der Waals surface area contributed by atoms with Gasteiger partial charge in [-0.05, 0) is 61.9 Å². The van der Waals surface area contributed by atoms with Crippen molar-refractivity contribution >= 4 is 16.8 Å². The van der Waals surface area contributed by atoms with Gasteiger partial charge in [0.25, 0.3) is 11.5 Å². The highest BCUT2D eigenvalue weighted by Crippen LogP contribution is 2.26. The van der Waals surface area contributed by atoms with Gasteiger partial charge in [0.05, 0.1) is 18.3 Å². The molecule has 1 N–H and O–H groups in total. The van der Waals surface area contributed by atoms with E-state index in [-0.39, 0.29) is 17.5 Å². The van der Waals surface area contributed by atoms with Gasteiger partial charge in [-0.2, -0.15) is 0 Å². The molecule has 1 aliphatic rings. The number of hydrogen-bond donors (Lipinski definition) is 1. The second kappa shape index (κ2) is 7.66. The largest absolute Gasteiger partial charge is 0.459 e. The van der Waals surface area contributed by atoms with E-state index in [4.69, 9.17) is 4.42 Å². The van der Waals surface area contributed by atoms with Gasteiger partial charge in [-0.1, -0.05) is 30.9 Å². The quantitative estimate of drug-likeness (QED) is 0.715. The maximum Gasteiger partial charge on any atom is 0.290 e. The Morgan fingerprint density at radius 3 is 2.68 bits per heavy atom. The number of aryl methyl sites for hydroxylation is 2. The molecule has 0 spiro atoms. The van der Waals surface area contributed by atoms with Gasteiger partial charge in [-0.3, -0.25) is 9.59 Å². The minimum Gasteiger partial charge on any atom is -0.459 e. The average Bonchev–Trinajstić information content (AvgIpc) is 3.22. The first-order chi connectivity index (χ1) is 13.5. The van der Waals surface area contributed by atoms with Crippen LogP contribution in [0, 0.1) is 13.8 Å². The number of nitrogens with one attached hydrogen (secondary N) is 1. The zero-order chi connectivity index (χ0) is 19.7. The van der Waals surface area contributed by atoms with Crippen LogP contribution in [-0.4, -0.2) is 21.8 Å². The van der Waals surface area contributed by atoms with E-state index in [0.717, 1.165) is 47.7 Å². The Morgan fingerprint density at radius 1 is 1.18 bits per heavy atom. The molecule has 2 aromatic heterocycles. The summed E-state index contributed by atoms with van der Waals surface area (Å²) in [5, 5.41) is 1.00. The zero-order valence-corrected chi connectivity index (χ0v) is 16.5. The van der Waals surface area contributed by atoms with Gasteiger partial charge in [-0.15, -0.1) is 0 Å². The number of benzene rings is 1. The Kier molecular flexibility index (Phi) is 5.07. The molecule has 2 heterocycles. The fraction of sp³-hybridized carbons (Fsp3) is 0.391. The number of pyridine rings is 1. The third kappa shape index (κ3) is 3.61. The van der Waals surface area contributed by atoms with Crippen molar-refractivity contribution in [3.05, 3.63) is 69.4 Å². The molecule has 0 atom stereocenters. The van der Waals surface area contributed by atoms with E-state index in [9.17, 15) is 9.59 Å². The fourth-order valence-electron chi connectivity index (χ4n) is 4.33. The van der Waals surface area contributed by atoms with Crippen molar-refractivity contribution in [2.24, 2.45) is 0 Å². The van der Waals surface area contributed by atoms with E-state index >= 15 is 0 Å². The molecule has 1 saturated carbocycles. The van der Waals surface area contributed by atoms with Crippen molar-refractivity contribution < 1.29 is 9.21 Å². The summed E-state index contributed by atoms with van der Waals surface area (Å²) >= 11 is 0. The van der Waals surface area contributed by atoms with Gasteiger partial charge in [0.1, 0.15) is 0 Å². The molecule has 1 aromatic carbocycles. The first-order valence-electron chi connectivity index (χ1n) is 10.0. The summed E-state index contributed by atoms with van der Waals surface area (Å²) in [6.45, 7) is 4.34. The van der Waals surface area contributed by atoms with Crippen LogP contribution in [0.4, 0.5) is 0 Å². The topological polar surface area (TPSA) is 66.3 Å². The molecule has 146 valence electrons. The van der Waals surface area contributed by atoms with Crippen molar-refractivity contribution in [3.8, 4) is 0 Å². The highest BCUT2D eigenvalue weighted by Gasteiger charge is 2.28. The molecule has 5 heteroatoms. The van der Waals surface area contributed by atoms with Crippen molar-refractivity contribution in [3.63, 3.8) is 0 Å². The third-order valence-corrected chi connectivity index (χ3v) is 5.72. The number of carbonyl (C=O) groups excluding carboxylic acids is 1. The molecule has 0 unspecified atom stereocenters. The van der Waals surface area contributed by atoms with Crippen molar-refractivity contribution in [2.45, 2.75) is 58.5 Å². The molecular weight excluding hydrogens is 352 g/mol. The van der Waals surface area contributed by atoms with Gasteiger partial charge < -0.3 is 14.3 Å². The summed E-state index contributed by atoms with van der Waals surface area (Å²) in [6.07, 6.45) is 6.87. The van der Waals surface area contributed by atoms with E-state index in [0.29, 0.717) is 17.9 Å². The van der Waals surface area contributed by atoms with Crippen molar-refractivity contribution in [1.82, 2.24) is 9.88 Å². The number of hydrogen-bond acceptors (Lipinski definition) is 3. The number of H-pyrrole nitrogens is 1. The van der Waals surface area contributed by atoms with E-state index in [1.54, 1.807) is 12.1 Å². The zero-order valence-electron chi connectivity index (χ0n) is 16.5. The van der Waals surface area contributed by atoms with Crippen LogP contribution >= 0.6 is 0 Å². The lowest BCUT2D eigenvalue weighted by atomic mass is 9.93. The van der Waals surface area contributed by atoms with Gasteiger partial charge >= 0.3 is 0 Å². The van der Waals surface area contributed by atoms with Crippen LogP contribution in [0.15, 0.2) is 45.8 Å². The normalized spacial score (nSPS) is 15.1. The first kappa shape index (κ1) is 18.5. The monoisotopic (exact) mass is 378 g/mol. The number of fused-ring (bicyclic) bond motifs is 1. The van der Waals surface area contributed by atoms with Gasteiger partial charge in [0, 0.05) is 11.6 Å². The number of aromatic amines is 1. The maximum atomic E-state index is 13.1. The predicted octanol–water partition coefficient (Wildman–Crippen LogP) is 4.71. The lowest BCUT2D eigenvalue weighted by Gasteiger charge is -2.33. The minimum absolute atomic E-state index is 0.132. The molecule has 5 nitrogen and oxygen atoms in total. The number of rotatable bonds is 4. The van der Waals surface area contributed by atoms with Crippen LogP contribution in [0.3, 0.4) is 0 Å². The molecule has 28 heavy (non-hydrogen) atoms. The number of carbonyl (C=O) groups is 1. The summed E-state index contributed by atoms with van der Waals surface area (Å²) in [7, 11) is 0. The molecule has 1 fully saturated rings. The summed E-state index contributed by atoms with van der Waals surface area (Å²) in [6, 6.07) is 9.62. The molecule has 1 aliphatic carbocycles. The van der Waals surface area contributed by atoms with E-state index < -0.39 is 0 Å². The molecule has 0 aliphatic heterocycles. The smallest absolute Gasteiger partial charge is 0.290 e. The van der Waals surface area contributed by atoms with Crippen LogP contribution in [0.2, 0.25) is 0 Å². The molecule has 0 bridgehead atoms. The summed E-state index contributed by atoms with van der Waals surface area (Å²) < 4.78 is 5.36. The Labute approximate surface area is 164 Å². The first-order valence-corrected chi connectivity index (χ1v) is 10.0. The van der Waals surface area contributed by atoms with E-state index in [1.165, 1.54) is 12.7 Å². The standard InChI is InChI=1S/C23H26N2O3/c1-15-11-16(2)21-17(12-15)13-18(22(26)24-21)14-25(19-7-4-3-5-8-19)23(27)20-9-6-10-28-20/h6,9-13,19H,3-5,7-8,14H2,1-2H3,(H,24,26). The van der Waals surface area contributed by atoms with E-state index in [1.807, 2.05) is 24.8 Å². The van der Waals surface area contributed by atoms with Crippen LogP contribution in [0.25, 0.3) is 10.9 Å². The summed E-state index contributed by atoms with van der Waals surface area (Å²) in [5.41, 5.74) is 3.55. The molecule has 0 saturated heterocycles. The van der Waals surface area contributed by atoms with Crippen LogP contribution in [0.5, 0.6) is 0 Å². The number of aromatic nitrogens is 1. The highest BCUT2D eigenvalue weighted by atomic mass is 16.3. The van der Waals surface area contributed by atoms with Crippen molar-refractivity contribution in [2.75, 3.05) is 0 Å². The number of furan rings is 1. The Morgan fingerprint density at radius 2 is 1.96 bits per heavy atom. The molecule has 3 aromatic rings. The van der Waals surface area contributed by atoms with Gasteiger partial charge in [0.15, 0.2) is 5.76 Å². The molecule has 4 rings (SSSR count). The minimum atomic E-state index is -0.142. The van der Waals surface area contributed by atoms with Gasteiger partial charge in [0.2, 0.25) is 0 Å². The lowest BCUT2D eigenvalue weighted by molar-refractivity contribution is 0.0581. The van der Waals surface area contributed by atoms with Crippen LogP contribution < -0.4 is 5.56 Å². The fourth-order valence-corrected chi connectivity index (χ4v) is 4.33. The third-order valence-electron chi connectivity index (χ3n) is 5.72. The Bertz CT molecular complexity index is 1040. The number of nitrogens with zero attached hydrogens (tertiary/aromatic N) is 1. The second-order valence-corrected chi connectivity index (χ2v) is 7.87. The predicted molar refractivity (Wildman–Crippen MR) is 109 cm³/mol. The summed E-state index contributed by atoms with van der Waals surface area (Å²) in [5.74, 6) is 0.186. The van der Waals surface area contributed by atoms with E-state index in [2.05, 4.69) is 17.1 Å². The summed E-state index contributed by atoms with van der Waals surface area (Å²) in [4.78, 5) is 30.7. The Balaban J connectivity index is 1.72. The highest BCUT2D eigenvalue weighted by molar-refractivity contribution is 5.91. The SMILES string of the molecule is Cc1cc(C)c2[nH]c(=O)c(CN(C(=O)c3ccco3)C3CCCCC3)cc2c1. The van der Waals surface area contributed by atoms with Gasteiger partial charge in [-0.25, -0.2) is 0 Å². The van der Waals surface area contributed by atoms with Crippen LogP contribution in [-0.2, 0) is 6.54 Å². The average molecular weight is 378 g/mol. The molecular formula is C23H26N2O3. The maximum absolute atomic E-state index is 13.1. The molecule has 1 amide bonds. The number of amides is 1. The Hall–Kier alpha value is -2.82. The molecule has 0 radical (unpaired) electrons. The lowest BCUT2D eigenvalue weighted by Crippen LogP contribution is -2.42. The second-order valence-electron chi connectivity index (χ2n) is 7.87. The van der Waals surface area contributed by atoms with Crippen molar-refractivity contribution in [1.29, 1.82) is 0 Å². The van der Waals surface area contributed by atoms with Crippen LogP contribution in [0.1, 0.15) is 59.3 Å².